The SMILES string of the molecule is C=C(COc1cc(Cl)cc(N)c1F)C(=O)OC(C)(C)C. The van der Waals surface area contributed by atoms with Crippen molar-refractivity contribution in [1.29, 1.82) is 0 Å². The number of carbonyl (C=O) groups excluding carboxylic acids is 1. The van der Waals surface area contributed by atoms with Gasteiger partial charge in [0.2, 0.25) is 0 Å². The van der Waals surface area contributed by atoms with E-state index in [4.69, 9.17) is 26.8 Å². The highest BCUT2D eigenvalue weighted by molar-refractivity contribution is 6.31. The maximum atomic E-state index is 13.6. The molecule has 0 amide bonds. The molecule has 4 nitrogen and oxygen atoms in total. The second kappa shape index (κ2) is 6.13. The van der Waals surface area contributed by atoms with Crippen molar-refractivity contribution in [3.63, 3.8) is 0 Å². The van der Waals surface area contributed by atoms with Crippen molar-refractivity contribution in [2.45, 2.75) is 26.4 Å². The third-order valence-electron chi connectivity index (χ3n) is 2.12. The van der Waals surface area contributed by atoms with E-state index in [2.05, 4.69) is 6.58 Å². The van der Waals surface area contributed by atoms with Crippen LogP contribution < -0.4 is 10.5 Å². The van der Waals surface area contributed by atoms with E-state index >= 15 is 0 Å². The molecule has 0 unspecified atom stereocenters. The Balaban J connectivity index is 2.68. The summed E-state index contributed by atoms with van der Waals surface area (Å²) in [5, 5.41) is 0.238. The zero-order chi connectivity index (χ0) is 15.5. The Hall–Kier alpha value is -1.75. The topological polar surface area (TPSA) is 61.5 Å². The van der Waals surface area contributed by atoms with Crippen molar-refractivity contribution >= 4 is 23.3 Å². The van der Waals surface area contributed by atoms with E-state index in [1.165, 1.54) is 12.1 Å². The number of nitrogen functional groups attached to an aromatic ring is 1. The summed E-state index contributed by atoms with van der Waals surface area (Å²) >= 11 is 5.75. The van der Waals surface area contributed by atoms with Crippen LogP contribution in [0.25, 0.3) is 0 Å². The Morgan fingerprint density at radius 3 is 2.60 bits per heavy atom. The second-order valence-electron chi connectivity index (χ2n) is 5.20. The van der Waals surface area contributed by atoms with Crippen molar-refractivity contribution in [2.75, 3.05) is 12.3 Å². The number of hydrogen-bond acceptors (Lipinski definition) is 4. The predicted octanol–water partition coefficient (Wildman–Crippen LogP) is 3.34. The molecule has 0 aliphatic heterocycles. The van der Waals surface area contributed by atoms with Gasteiger partial charge in [-0.25, -0.2) is 9.18 Å². The molecule has 0 saturated carbocycles. The quantitative estimate of drug-likeness (QED) is 0.526. The van der Waals surface area contributed by atoms with Gasteiger partial charge in [0.1, 0.15) is 12.2 Å². The van der Waals surface area contributed by atoms with Crippen LogP contribution in [0.3, 0.4) is 0 Å². The standard InChI is InChI=1S/C14H17ClFNO3/c1-8(13(18)20-14(2,3)4)7-19-11-6-9(15)5-10(17)12(11)16/h5-6H,1,7,17H2,2-4H3. The highest BCUT2D eigenvalue weighted by Gasteiger charge is 2.19. The van der Waals surface area contributed by atoms with Gasteiger partial charge in [0, 0.05) is 11.1 Å². The fourth-order valence-electron chi connectivity index (χ4n) is 1.26. The van der Waals surface area contributed by atoms with Crippen molar-refractivity contribution < 1.29 is 18.7 Å². The Morgan fingerprint density at radius 2 is 2.05 bits per heavy atom. The Kier molecular flexibility index (Phi) is 5.00. The van der Waals surface area contributed by atoms with Crippen LogP contribution in [0.4, 0.5) is 10.1 Å². The number of esters is 1. The molecule has 0 aliphatic carbocycles. The van der Waals surface area contributed by atoms with Gasteiger partial charge in [0.05, 0.1) is 11.3 Å². The van der Waals surface area contributed by atoms with Crippen LogP contribution in [-0.2, 0) is 9.53 Å². The monoisotopic (exact) mass is 301 g/mol. The molecule has 1 rings (SSSR count). The van der Waals surface area contributed by atoms with E-state index in [0.717, 1.165) is 0 Å². The van der Waals surface area contributed by atoms with E-state index < -0.39 is 17.4 Å². The van der Waals surface area contributed by atoms with Crippen LogP contribution in [0.5, 0.6) is 5.75 Å². The zero-order valence-electron chi connectivity index (χ0n) is 11.6. The summed E-state index contributed by atoms with van der Waals surface area (Å²) in [6.07, 6.45) is 0. The molecular formula is C14H17ClFNO3. The van der Waals surface area contributed by atoms with Gasteiger partial charge in [-0.3, -0.25) is 0 Å². The van der Waals surface area contributed by atoms with Crippen molar-refractivity contribution in [2.24, 2.45) is 0 Å². The molecule has 0 aromatic heterocycles. The first kappa shape index (κ1) is 16.3. The lowest BCUT2D eigenvalue weighted by Gasteiger charge is -2.20. The van der Waals surface area contributed by atoms with Gasteiger partial charge in [-0.15, -0.1) is 0 Å². The average Bonchev–Trinajstić information content (AvgIpc) is 2.29. The molecule has 0 bridgehead atoms. The fourth-order valence-corrected chi connectivity index (χ4v) is 1.48. The number of carbonyl (C=O) groups is 1. The number of ether oxygens (including phenoxy) is 2. The number of hydrogen-bond donors (Lipinski definition) is 1. The minimum absolute atomic E-state index is 0.0675. The normalized spacial score (nSPS) is 11.1. The van der Waals surface area contributed by atoms with Gasteiger partial charge in [-0.1, -0.05) is 18.2 Å². The lowest BCUT2D eigenvalue weighted by molar-refractivity contribution is -0.150. The smallest absolute Gasteiger partial charge is 0.337 e. The van der Waals surface area contributed by atoms with Crippen LogP contribution in [0.1, 0.15) is 20.8 Å². The summed E-state index contributed by atoms with van der Waals surface area (Å²) in [4.78, 5) is 11.7. The highest BCUT2D eigenvalue weighted by atomic mass is 35.5. The molecule has 0 saturated heterocycles. The predicted molar refractivity (Wildman–Crippen MR) is 76.3 cm³/mol. The maximum Gasteiger partial charge on any atom is 0.337 e. The molecule has 1 aromatic rings. The number of nitrogens with two attached hydrogens (primary N) is 1. The molecule has 1 aromatic carbocycles. The van der Waals surface area contributed by atoms with E-state index in [9.17, 15) is 9.18 Å². The molecule has 0 fully saturated rings. The van der Waals surface area contributed by atoms with Crippen LogP contribution in [0.15, 0.2) is 24.3 Å². The van der Waals surface area contributed by atoms with Crippen molar-refractivity contribution in [1.82, 2.24) is 0 Å². The van der Waals surface area contributed by atoms with Crippen LogP contribution >= 0.6 is 11.6 Å². The van der Waals surface area contributed by atoms with E-state index in [1.54, 1.807) is 20.8 Å². The minimum atomic E-state index is -0.730. The first-order valence-corrected chi connectivity index (χ1v) is 6.26. The number of anilines is 1. The zero-order valence-corrected chi connectivity index (χ0v) is 12.4. The highest BCUT2D eigenvalue weighted by Crippen LogP contribution is 2.27. The maximum absolute atomic E-state index is 13.6. The molecule has 0 spiro atoms. The Bertz CT molecular complexity index is 538. The Morgan fingerprint density at radius 1 is 1.45 bits per heavy atom. The van der Waals surface area contributed by atoms with Crippen molar-refractivity contribution in [3.8, 4) is 5.75 Å². The largest absolute Gasteiger partial charge is 0.485 e. The minimum Gasteiger partial charge on any atom is -0.485 e. The molecular weight excluding hydrogens is 285 g/mol. The molecule has 0 radical (unpaired) electrons. The van der Waals surface area contributed by atoms with Gasteiger partial charge in [-0.05, 0) is 26.8 Å². The van der Waals surface area contributed by atoms with Gasteiger partial charge >= 0.3 is 5.97 Å². The molecule has 0 heterocycles. The number of rotatable bonds is 4. The lowest BCUT2D eigenvalue weighted by Crippen LogP contribution is -2.26. The molecule has 20 heavy (non-hydrogen) atoms. The summed E-state index contributed by atoms with van der Waals surface area (Å²) in [7, 11) is 0. The van der Waals surface area contributed by atoms with Gasteiger partial charge < -0.3 is 15.2 Å². The summed E-state index contributed by atoms with van der Waals surface area (Å²) in [6, 6.07) is 2.54. The van der Waals surface area contributed by atoms with Crippen LogP contribution in [-0.4, -0.2) is 18.2 Å². The van der Waals surface area contributed by atoms with E-state index in [0.29, 0.717) is 0 Å². The summed E-state index contributed by atoms with van der Waals surface area (Å²) < 4.78 is 23.9. The number of benzene rings is 1. The lowest BCUT2D eigenvalue weighted by atomic mass is 10.2. The molecule has 110 valence electrons. The molecule has 0 atom stereocenters. The van der Waals surface area contributed by atoms with Crippen LogP contribution in [0, 0.1) is 5.82 Å². The van der Waals surface area contributed by atoms with Gasteiger partial charge in [-0.2, -0.15) is 0 Å². The van der Waals surface area contributed by atoms with E-state index in [1.807, 2.05) is 0 Å². The molecule has 0 aliphatic rings. The van der Waals surface area contributed by atoms with Crippen molar-refractivity contribution in [3.05, 3.63) is 35.1 Å². The fraction of sp³-hybridized carbons (Fsp3) is 0.357. The summed E-state index contributed by atoms with van der Waals surface area (Å²) in [5.74, 6) is -1.47. The summed E-state index contributed by atoms with van der Waals surface area (Å²) in [6.45, 7) is 8.52. The van der Waals surface area contributed by atoms with Gasteiger partial charge in [0.15, 0.2) is 11.6 Å². The second-order valence-corrected chi connectivity index (χ2v) is 5.64. The number of halogens is 2. The molecule has 6 heteroatoms. The third-order valence-corrected chi connectivity index (χ3v) is 2.34. The first-order valence-electron chi connectivity index (χ1n) is 5.88. The average molecular weight is 302 g/mol. The Labute approximate surface area is 122 Å². The summed E-state index contributed by atoms with van der Waals surface area (Å²) in [5.41, 5.74) is 4.72. The molecule has 2 N–H and O–H groups in total. The van der Waals surface area contributed by atoms with Crippen LogP contribution in [0.2, 0.25) is 5.02 Å². The first-order chi connectivity index (χ1) is 9.10. The van der Waals surface area contributed by atoms with Gasteiger partial charge in [0.25, 0.3) is 0 Å². The van der Waals surface area contributed by atoms with E-state index in [-0.39, 0.29) is 28.6 Å². The third kappa shape index (κ3) is 4.74.